The van der Waals surface area contributed by atoms with Gasteiger partial charge in [-0.1, -0.05) is 11.6 Å². The first kappa shape index (κ1) is 17.1. The summed E-state index contributed by atoms with van der Waals surface area (Å²) in [6.45, 7) is -0.627. The topological polar surface area (TPSA) is 63.2 Å². The Morgan fingerprint density at radius 1 is 1.25 bits per heavy atom. The Kier molecular flexibility index (Phi) is 5.28. The van der Waals surface area contributed by atoms with Crippen LogP contribution in [0, 0.1) is 0 Å². The number of carbonyl (C=O) groups is 1. The van der Waals surface area contributed by atoms with E-state index in [2.05, 4.69) is 0 Å². The third-order valence-corrected chi connectivity index (χ3v) is 3.66. The molecule has 112 valence electrons. The standard InChI is InChI=1S/C10H8Cl2F3NO3S/c11-7-3-6(4-8(5-7)20(12,18)19)9(17)16-2-1-10(13,14)15/h3-5H,1-2H2,(H,16,17). The minimum absolute atomic E-state index is 0.0762. The average Bonchev–Trinajstić information content (AvgIpc) is 2.25. The van der Waals surface area contributed by atoms with Crippen LogP contribution < -0.4 is 5.32 Å². The molecular formula is C10H8Cl2F3NO3S. The molecular weight excluding hydrogens is 342 g/mol. The molecule has 0 saturated heterocycles. The van der Waals surface area contributed by atoms with E-state index in [9.17, 15) is 26.4 Å². The molecule has 1 aromatic rings. The number of carbonyl (C=O) groups excluding carboxylic acids is 1. The SMILES string of the molecule is O=C(NCCC(F)(F)F)c1cc(Cl)cc(S(=O)(=O)Cl)c1. The number of alkyl halides is 3. The number of benzene rings is 1. The van der Waals surface area contributed by atoms with Crippen molar-refractivity contribution in [2.24, 2.45) is 0 Å². The highest BCUT2D eigenvalue weighted by atomic mass is 35.7. The molecule has 0 heterocycles. The Morgan fingerprint density at radius 3 is 2.35 bits per heavy atom. The zero-order chi connectivity index (χ0) is 15.6. The molecule has 10 heteroatoms. The van der Waals surface area contributed by atoms with E-state index in [1.165, 1.54) is 0 Å². The molecule has 1 rings (SSSR count). The van der Waals surface area contributed by atoms with Crippen molar-refractivity contribution in [3.63, 3.8) is 0 Å². The van der Waals surface area contributed by atoms with Gasteiger partial charge in [0.05, 0.1) is 11.3 Å². The third kappa shape index (κ3) is 5.56. The van der Waals surface area contributed by atoms with Crippen LogP contribution in [0.3, 0.4) is 0 Å². The number of nitrogens with one attached hydrogen (secondary N) is 1. The summed E-state index contributed by atoms with van der Waals surface area (Å²) in [5, 5.41) is 1.93. The van der Waals surface area contributed by atoms with Crippen LogP contribution in [0.4, 0.5) is 13.2 Å². The van der Waals surface area contributed by atoms with E-state index in [1.54, 1.807) is 0 Å². The van der Waals surface area contributed by atoms with Gasteiger partial charge in [-0.05, 0) is 18.2 Å². The predicted molar refractivity (Wildman–Crippen MR) is 67.5 cm³/mol. The number of hydrogen-bond donors (Lipinski definition) is 1. The molecule has 1 N–H and O–H groups in total. The van der Waals surface area contributed by atoms with Gasteiger partial charge in [-0.25, -0.2) is 8.42 Å². The molecule has 0 atom stereocenters. The van der Waals surface area contributed by atoms with Crippen LogP contribution in [0.1, 0.15) is 16.8 Å². The third-order valence-electron chi connectivity index (χ3n) is 2.11. The van der Waals surface area contributed by atoms with E-state index < -0.39 is 39.0 Å². The highest BCUT2D eigenvalue weighted by molar-refractivity contribution is 8.13. The fourth-order valence-electron chi connectivity index (χ4n) is 1.25. The number of amides is 1. The van der Waals surface area contributed by atoms with Gasteiger partial charge in [-0.2, -0.15) is 13.2 Å². The molecule has 1 aromatic carbocycles. The molecule has 0 aliphatic heterocycles. The predicted octanol–water partition coefficient (Wildman–Crippen LogP) is 2.95. The number of hydrogen-bond acceptors (Lipinski definition) is 3. The molecule has 4 nitrogen and oxygen atoms in total. The monoisotopic (exact) mass is 349 g/mol. The maximum absolute atomic E-state index is 11.9. The van der Waals surface area contributed by atoms with E-state index in [0.29, 0.717) is 0 Å². The van der Waals surface area contributed by atoms with Crippen molar-refractivity contribution in [3.8, 4) is 0 Å². The smallest absolute Gasteiger partial charge is 0.352 e. The lowest BCUT2D eigenvalue weighted by Gasteiger charge is -2.08. The Balaban J connectivity index is 2.86. The molecule has 0 radical (unpaired) electrons. The van der Waals surface area contributed by atoms with Gasteiger partial charge in [0, 0.05) is 27.8 Å². The molecule has 0 fully saturated rings. The highest BCUT2D eigenvalue weighted by Crippen LogP contribution is 2.22. The van der Waals surface area contributed by atoms with Gasteiger partial charge in [0.25, 0.3) is 15.0 Å². The molecule has 20 heavy (non-hydrogen) atoms. The molecule has 0 aliphatic carbocycles. The lowest BCUT2D eigenvalue weighted by Crippen LogP contribution is -2.28. The Morgan fingerprint density at radius 2 is 1.85 bits per heavy atom. The van der Waals surface area contributed by atoms with Crippen LogP contribution in [0.25, 0.3) is 0 Å². The molecule has 0 aliphatic rings. The van der Waals surface area contributed by atoms with E-state index in [4.69, 9.17) is 22.3 Å². The van der Waals surface area contributed by atoms with E-state index in [-0.39, 0.29) is 10.6 Å². The maximum Gasteiger partial charge on any atom is 0.390 e. The molecule has 0 saturated carbocycles. The lowest BCUT2D eigenvalue weighted by molar-refractivity contribution is -0.132. The summed E-state index contributed by atoms with van der Waals surface area (Å²) in [6.07, 6.45) is -5.59. The molecule has 0 spiro atoms. The van der Waals surface area contributed by atoms with Crippen LogP contribution in [0.2, 0.25) is 5.02 Å². The second-order valence-corrected chi connectivity index (χ2v) is 6.74. The van der Waals surface area contributed by atoms with Crippen LogP contribution >= 0.6 is 22.3 Å². The lowest BCUT2D eigenvalue weighted by atomic mass is 10.2. The minimum atomic E-state index is -4.40. The summed E-state index contributed by atoms with van der Waals surface area (Å²) in [5.41, 5.74) is -0.195. The first-order valence-corrected chi connectivity index (χ1v) is 7.78. The van der Waals surface area contributed by atoms with Crippen molar-refractivity contribution in [2.45, 2.75) is 17.5 Å². The van der Waals surface area contributed by atoms with Crippen molar-refractivity contribution < 1.29 is 26.4 Å². The zero-order valence-electron chi connectivity index (χ0n) is 9.67. The first-order chi connectivity index (χ1) is 8.99. The van der Waals surface area contributed by atoms with Crippen LogP contribution in [-0.4, -0.2) is 27.0 Å². The molecule has 1 amide bonds. The van der Waals surface area contributed by atoms with E-state index >= 15 is 0 Å². The number of halogens is 5. The maximum atomic E-state index is 11.9. The van der Waals surface area contributed by atoms with Crippen molar-refractivity contribution in [1.29, 1.82) is 0 Å². The summed E-state index contributed by atoms with van der Waals surface area (Å²) < 4.78 is 58.0. The summed E-state index contributed by atoms with van der Waals surface area (Å²) in [5.74, 6) is -0.877. The Hall–Kier alpha value is -0.990. The minimum Gasteiger partial charge on any atom is -0.352 e. The second-order valence-electron chi connectivity index (χ2n) is 3.73. The number of rotatable bonds is 4. The molecule has 0 bridgehead atoms. The van der Waals surface area contributed by atoms with Crippen molar-refractivity contribution in [3.05, 3.63) is 28.8 Å². The van der Waals surface area contributed by atoms with Gasteiger partial charge in [0.1, 0.15) is 0 Å². The fraction of sp³-hybridized carbons (Fsp3) is 0.300. The van der Waals surface area contributed by atoms with Gasteiger partial charge >= 0.3 is 6.18 Å². The van der Waals surface area contributed by atoms with Crippen molar-refractivity contribution in [1.82, 2.24) is 5.32 Å². The molecule has 0 unspecified atom stereocenters. The Bertz CT molecular complexity index is 617. The second kappa shape index (κ2) is 6.19. The van der Waals surface area contributed by atoms with Gasteiger partial charge in [0.2, 0.25) is 0 Å². The summed E-state index contributed by atoms with van der Waals surface area (Å²) >= 11 is 5.62. The van der Waals surface area contributed by atoms with Gasteiger partial charge in [0.15, 0.2) is 0 Å². The average molecular weight is 350 g/mol. The van der Waals surface area contributed by atoms with Gasteiger partial charge in [-0.3, -0.25) is 4.79 Å². The van der Waals surface area contributed by atoms with Crippen LogP contribution in [0.5, 0.6) is 0 Å². The fourth-order valence-corrected chi connectivity index (χ4v) is 2.36. The van der Waals surface area contributed by atoms with E-state index in [1.807, 2.05) is 5.32 Å². The zero-order valence-corrected chi connectivity index (χ0v) is 12.0. The van der Waals surface area contributed by atoms with Gasteiger partial charge < -0.3 is 5.32 Å². The Labute approximate surface area is 122 Å². The highest BCUT2D eigenvalue weighted by Gasteiger charge is 2.26. The normalized spacial score (nSPS) is 12.2. The van der Waals surface area contributed by atoms with Gasteiger partial charge in [-0.15, -0.1) is 0 Å². The van der Waals surface area contributed by atoms with Crippen molar-refractivity contribution in [2.75, 3.05) is 6.54 Å². The van der Waals surface area contributed by atoms with E-state index in [0.717, 1.165) is 18.2 Å². The van der Waals surface area contributed by atoms with Crippen LogP contribution in [0.15, 0.2) is 23.1 Å². The van der Waals surface area contributed by atoms with Crippen molar-refractivity contribution >= 4 is 37.2 Å². The summed E-state index contributed by atoms with van der Waals surface area (Å²) in [4.78, 5) is 11.2. The molecule has 0 aromatic heterocycles. The first-order valence-electron chi connectivity index (χ1n) is 5.09. The quantitative estimate of drug-likeness (QED) is 0.850. The summed E-state index contributed by atoms with van der Waals surface area (Å²) in [6, 6.07) is 3.07. The largest absolute Gasteiger partial charge is 0.390 e. The van der Waals surface area contributed by atoms with Crippen LogP contribution in [-0.2, 0) is 9.05 Å². The summed E-state index contributed by atoms with van der Waals surface area (Å²) in [7, 11) is 1.01.